The van der Waals surface area contributed by atoms with Crippen molar-refractivity contribution in [1.82, 2.24) is 4.90 Å². The van der Waals surface area contributed by atoms with E-state index < -0.39 is 0 Å². The molecule has 1 aliphatic rings. The molecule has 0 spiro atoms. The third kappa shape index (κ3) is 3.28. The number of nitrogens with zero attached hydrogens (tertiary/aromatic N) is 1. The van der Waals surface area contributed by atoms with Crippen LogP contribution in [0.4, 0.5) is 10.5 Å². The number of benzene rings is 1. The number of aliphatic hydroxyl groups excluding tert-OH is 1. The van der Waals surface area contributed by atoms with Crippen molar-refractivity contribution < 1.29 is 9.90 Å². The maximum Gasteiger partial charge on any atom is 0.321 e. The molecule has 0 saturated carbocycles. The molecule has 1 saturated heterocycles. The molecule has 1 aromatic carbocycles. The molecule has 2 amide bonds. The van der Waals surface area contributed by atoms with E-state index in [1.54, 1.807) is 4.90 Å². The highest BCUT2D eigenvalue weighted by atomic mass is 79.9. The van der Waals surface area contributed by atoms with Crippen LogP contribution < -0.4 is 5.32 Å². The highest BCUT2D eigenvalue weighted by Gasteiger charge is 2.25. The molecule has 1 heterocycles. The number of aliphatic hydroxyl groups is 1. The quantitative estimate of drug-likeness (QED) is 0.878. The molecular formula is C14H19BrN2O2. The zero-order valence-electron chi connectivity index (χ0n) is 11.2. The number of aryl methyl sites for hydroxylation is 2. The molecule has 1 atom stereocenters. The van der Waals surface area contributed by atoms with Crippen LogP contribution in [-0.4, -0.2) is 35.7 Å². The first-order chi connectivity index (χ1) is 9.01. The number of carbonyl (C=O) groups excluding carboxylic acids is 1. The lowest BCUT2D eigenvalue weighted by molar-refractivity contribution is 0.208. The van der Waals surface area contributed by atoms with Crippen LogP contribution in [0.2, 0.25) is 0 Å². The summed E-state index contributed by atoms with van der Waals surface area (Å²) < 4.78 is 0.989. The molecule has 2 N–H and O–H groups in total. The van der Waals surface area contributed by atoms with Gasteiger partial charge in [-0.25, -0.2) is 4.79 Å². The van der Waals surface area contributed by atoms with Crippen LogP contribution in [0.1, 0.15) is 17.5 Å². The molecule has 1 unspecified atom stereocenters. The molecular weight excluding hydrogens is 308 g/mol. The normalized spacial score (nSPS) is 18.7. The summed E-state index contributed by atoms with van der Waals surface area (Å²) in [5.41, 5.74) is 3.03. The monoisotopic (exact) mass is 326 g/mol. The summed E-state index contributed by atoms with van der Waals surface area (Å²) in [4.78, 5) is 13.9. The number of urea groups is 1. The van der Waals surface area contributed by atoms with Crippen molar-refractivity contribution in [2.75, 3.05) is 25.0 Å². The average Bonchev–Trinajstić information content (AvgIpc) is 2.84. The van der Waals surface area contributed by atoms with Crippen LogP contribution in [0.15, 0.2) is 16.6 Å². The third-order valence-corrected chi connectivity index (χ3v) is 4.43. The van der Waals surface area contributed by atoms with E-state index >= 15 is 0 Å². The maximum atomic E-state index is 12.1. The lowest BCUT2D eigenvalue weighted by atomic mass is 10.1. The molecule has 0 radical (unpaired) electrons. The van der Waals surface area contributed by atoms with E-state index in [-0.39, 0.29) is 18.6 Å². The van der Waals surface area contributed by atoms with Crippen molar-refractivity contribution in [3.63, 3.8) is 0 Å². The van der Waals surface area contributed by atoms with Gasteiger partial charge < -0.3 is 15.3 Å². The van der Waals surface area contributed by atoms with Crippen LogP contribution in [-0.2, 0) is 0 Å². The molecule has 19 heavy (non-hydrogen) atoms. The number of nitrogens with one attached hydrogen (secondary N) is 1. The van der Waals surface area contributed by atoms with E-state index in [0.29, 0.717) is 13.1 Å². The Morgan fingerprint density at radius 2 is 2.21 bits per heavy atom. The van der Waals surface area contributed by atoms with Crippen molar-refractivity contribution in [1.29, 1.82) is 0 Å². The largest absolute Gasteiger partial charge is 0.396 e. The van der Waals surface area contributed by atoms with Crippen LogP contribution in [0.25, 0.3) is 0 Å². The number of anilines is 1. The summed E-state index contributed by atoms with van der Waals surface area (Å²) in [6.07, 6.45) is 0.875. The van der Waals surface area contributed by atoms with E-state index in [4.69, 9.17) is 5.11 Å². The van der Waals surface area contributed by atoms with Gasteiger partial charge in [-0.05, 0) is 37.5 Å². The average molecular weight is 327 g/mol. The fraction of sp³-hybridized carbons (Fsp3) is 0.500. The summed E-state index contributed by atoms with van der Waals surface area (Å²) in [6, 6.07) is 3.89. The Balaban J connectivity index is 2.05. The highest BCUT2D eigenvalue weighted by molar-refractivity contribution is 9.10. The smallest absolute Gasteiger partial charge is 0.321 e. The minimum atomic E-state index is -0.0881. The molecule has 1 aromatic rings. The van der Waals surface area contributed by atoms with Crippen molar-refractivity contribution in [2.24, 2.45) is 5.92 Å². The first kappa shape index (κ1) is 14.3. The molecule has 104 valence electrons. The van der Waals surface area contributed by atoms with Gasteiger partial charge >= 0.3 is 6.03 Å². The Morgan fingerprint density at radius 1 is 1.47 bits per heavy atom. The Bertz CT molecular complexity index is 491. The van der Waals surface area contributed by atoms with E-state index in [1.165, 1.54) is 0 Å². The van der Waals surface area contributed by atoms with Crippen molar-refractivity contribution in [2.45, 2.75) is 20.3 Å². The lowest BCUT2D eigenvalue weighted by Gasteiger charge is -2.18. The minimum Gasteiger partial charge on any atom is -0.396 e. The van der Waals surface area contributed by atoms with Crippen LogP contribution in [0.3, 0.4) is 0 Å². The molecule has 0 aliphatic carbocycles. The van der Waals surface area contributed by atoms with Gasteiger partial charge in [-0.3, -0.25) is 0 Å². The zero-order valence-corrected chi connectivity index (χ0v) is 12.8. The molecule has 1 fully saturated rings. The van der Waals surface area contributed by atoms with Crippen molar-refractivity contribution in [3.8, 4) is 0 Å². The van der Waals surface area contributed by atoms with Gasteiger partial charge in [0, 0.05) is 35.8 Å². The van der Waals surface area contributed by atoms with Crippen LogP contribution in [0.5, 0.6) is 0 Å². The first-order valence-corrected chi connectivity index (χ1v) is 7.24. The Hall–Kier alpha value is -1.07. The van der Waals surface area contributed by atoms with Crippen LogP contribution >= 0.6 is 15.9 Å². The Kier molecular flexibility index (Phi) is 4.47. The van der Waals surface area contributed by atoms with E-state index in [0.717, 1.165) is 27.7 Å². The summed E-state index contributed by atoms with van der Waals surface area (Å²) >= 11 is 3.48. The predicted octanol–water partition coefficient (Wildman–Crippen LogP) is 2.91. The summed E-state index contributed by atoms with van der Waals surface area (Å²) in [6.45, 7) is 5.50. The number of amides is 2. The second kappa shape index (κ2) is 5.92. The lowest BCUT2D eigenvalue weighted by Crippen LogP contribution is -2.33. The zero-order chi connectivity index (χ0) is 14.0. The Labute approximate surface area is 121 Å². The Morgan fingerprint density at radius 3 is 2.84 bits per heavy atom. The van der Waals surface area contributed by atoms with Crippen molar-refractivity contribution in [3.05, 3.63) is 27.7 Å². The number of likely N-dealkylation sites (tertiary alicyclic amines) is 1. The second-order valence-corrected chi connectivity index (χ2v) is 5.98. The number of hydrogen-bond acceptors (Lipinski definition) is 2. The summed E-state index contributed by atoms with van der Waals surface area (Å²) in [7, 11) is 0. The van der Waals surface area contributed by atoms with Crippen LogP contribution in [0, 0.1) is 19.8 Å². The summed E-state index contributed by atoms with van der Waals surface area (Å²) in [5.74, 6) is 0.219. The van der Waals surface area contributed by atoms with E-state index in [2.05, 4.69) is 21.2 Å². The van der Waals surface area contributed by atoms with E-state index in [9.17, 15) is 4.79 Å². The predicted molar refractivity (Wildman–Crippen MR) is 79.4 cm³/mol. The topological polar surface area (TPSA) is 52.6 Å². The second-order valence-electron chi connectivity index (χ2n) is 5.13. The molecule has 5 heteroatoms. The van der Waals surface area contributed by atoms with E-state index in [1.807, 2.05) is 26.0 Å². The fourth-order valence-corrected chi connectivity index (χ4v) is 2.66. The van der Waals surface area contributed by atoms with Gasteiger partial charge in [0.05, 0.1) is 0 Å². The van der Waals surface area contributed by atoms with Gasteiger partial charge in [-0.2, -0.15) is 0 Å². The molecule has 0 aromatic heterocycles. The number of hydrogen-bond donors (Lipinski definition) is 2. The molecule has 1 aliphatic heterocycles. The molecule has 2 rings (SSSR count). The number of carbonyl (C=O) groups is 1. The maximum absolute atomic E-state index is 12.1. The fourth-order valence-electron chi connectivity index (χ4n) is 2.32. The van der Waals surface area contributed by atoms with Gasteiger partial charge in [-0.15, -0.1) is 0 Å². The van der Waals surface area contributed by atoms with Gasteiger partial charge in [0.25, 0.3) is 0 Å². The minimum absolute atomic E-state index is 0.0881. The highest BCUT2D eigenvalue weighted by Crippen LogP contribution is 2.25. The van der Waals surface area contributed by atoms with Gasteiger partial charge in [-0.1, -0.05) is 22.0 Å². The van der Waals surface area contributed by atoms with Gasteiger partial charge in [0.1, 0.15) is 0 Å². The SMILES string of the molecule is Cc1cc(C)c(NC(=O)N2CCC(CO)C2)cc1Br. The number of rotatable bonds is 2. The summed E-state index contributed by atoms with van der Waals surface area (Å²) in [5, 5.41) is 12.0. The molecule has 4 nitrogen and oxygen atoms in total. The molecule has 0 bridgehead atoms. The standard InChI is InChI=1S/C14H19BrN2O2/c1-9-5-10(2)13(6-12(9)15)16-14(19)17-4-3-11(7-17)8-18/h5-6,11,18H,3-4,7-8H2,1-2H3,(H,16,19). The first-order valence-electron chi connectivity index (χ1n) is 6.44. The van der Waals surface area contributed by atoms with Gasteiger partial charge in [0.2, 0.25) is 0 Å². The number of halogens is 1. The third-order valence-electron chi connectivity index (χ3n) is 3.58. The van der Waals surface area contributed by atoms with Crippen molar-refractivity contribution >= 4 is 27.6 Å². The van der Waals surface area contributed by atoms with Gasteiger partial charge in [0.15, 0.2) is 0 Å².